The van der Waals surface area contributed by atoms with Crippen molar-refractivity contribution in [3.05, 3.63) is 58.6 Å². The van der Waals surface area contributed by atoms with Crippen molar-refractivity contribution in [2.75, 3.05) is 0 Å². The lowest BCUT2D eigenvalue weighted by molar-refractivity contribution is 1.76. The highest BCUT2D eigenvalue weighted by atomic mass is 35.5. The van der Waals surface area contributed by atoms with E-state index in [2.05, 4.69) is 12.1 Å². The first-order valence-corrected chi connectivity index (χ1v) is 5.78. The summed E-state index contributed by atoms with van der Waals surface area (Å²) in [6, 6.07) is 16.0. The Morgan fingerprint density at radius 2 is 1.50 bits per heavy atom. The van der Waals surface area contributed by atoms with E-state index in [0.29, 0.717) is 0 Å². The summed E-state index contributed by atoms with van der Waals surface area (Å²) in [5, 5.41) is 6.12. The lowest BCUT2D eigenvalue weighted by atomic mass is 10.0. The minimum atomic E-state index is 0.758. The molecule has 0 N–H and O–H groups in total. The molecule has 16 heavy (non-hydrogen) atoms. The zero-order valence-electron chi connectivity index (χ0n) is 8.37. The zero-order valence-corrected chi connectivity index (χ0v) is 9.89. The molecule has 0 heterocycles. The molecule has 0 nitrogen and oxygen atoms in total. The van der Waals surface area contributed by atoms with Crippen LogP contribution in [0.2, 0.25) is 10.0 Å². The van der Waals surface area contributed by atoms with Crippen LogP contribution >= 0.6 is 23.2 Å². The normalized spacial score (nSPS) is 11.1. The first-order valence-electron chi connectivity index (χ1n) is 5.02. The maximum atomic E-state index is 6.16. The first kappa shape index (κ1) is 9.95. The van der Waals surface area contributed by atoms with Crippen LogP contribution in [0.15, 0.2) is 48.5 Å². The Labute approximate surface area is 103 Å². The Balaban J connectivity index is 2.55. The predicted octanol–water partition coefficient (Wildman–Crippen LogP) is 5.30. The van der Waals surface area contributed by atoms with E-state index in [4.69, 9.17) is 23.2 Å². The van der Waals surface area contributed by atoms with Crippen LogP contribution in [0.3, 0.4) is 0 Å². The van der Waals surface area contributed by atoms with Crippen molar-refractivity contribution in [2.24, 2.45) is 0 Å². The Morgan fingerprint density at radius 3 is 2.38 bits per heavy atom. The molecule has 0 bridgehead atoms. The molecular formula is C14H8Cl2. The summed E-state index contributed by atoms with van der Waals surface area (Å²) in [7, 11) is 0. The summed E-state index contributed by atoms with van der Waals surface area (Å²) in [6.45, 7) is 0. The molecule has 0 saturated heterocycles. The summed E-state index contributed by atoms with van der Waals surface area (Å²) in [5.74, 6) is 0. The van der Waals surface area contributed by atoms with Crippen LogP contribution < -0.4 is 0 Å². The Morgan fingerprint density at radius 1 is 0.688 bits per heavy atom. The van der Waals surface area contributed by atoms with Gasteiger partial charge in [0.25, 0.3) is 0 Å². The van der Waals surface area contributed by atoms with Crippen molar-refractivity contribution in [3.63, 3.8) is 0 Å². The monoisotopic (exact) mass is 246 g/mol. The highest BCUT2D eigenvalue weighted by molar-refractivity contribution is 6.36. The second-order valence-corrected chi connectivity index (χ2v) is 4.61. The molecule has 3 rings (SSSR count). The van der Waals surface area contributed by atoms with E-state index < -0.39 is 0 Å². The van der Waals surface area contributed by atoms with Crippen LogP contribution in [0, 0.1) is 0 Å². The van der Waals surface area contributed by atoms with Gasteiger partial charge in [0.15, 0.2) is 0 Å². The van der Waals surface area contributed by atoms with E-state index in [-0.39, 0.29) is 0 Å². The van der Waals surface area contributed by atoms with E-state index >= 15 is 0 Å². The van der Waals surface area contributed by atoms with Crippen molar-refractivity contribution in [1.82, 2.24) is 0 Å². The molecule has 2 heteroatoms. The summed E-state index contributed by atoms with van der Waals surface area (Å²) >= 11 is 12.1. The van der Waals surface area contributed by atoms with Crippen LogP contribution in [0.25, 0.3) is 21.5 Å². The molecule has 0 radical (unpaired) electrons. The maximum absolute atomic E-state index is 6.16. The van der Waals surface area contributed by atoms with Crippen molar-refractivity contribution < 1.29 is 0 Å². The quantitative estimate of drug-likeness (QED) is 0.473. The minimum absolute atomic E-state index is 0.758. The third-order valence-electron chi connectivity index (χ3n) is 2.79. The van der Waals surface area contributed by atoms with Crippen molar-refractivity contribution in [3.8, 4) is 0 Å². The molecule has 0 fully saturated rings. The van der Waals surface area contributed by atoms with Crippen molar-refractivity contribution >= 4 is 44.7 Å². The van der Waals surface area contributed by atoms with Crippen LogP contribution in [-0.4, -0.2) is 0 Å². The van der Waals surface area contributed by atoms with Crippen LogP contribution in [0.1, 0.15) is 0 Å². The number of fused-ring (bicyclic) bond motifs is 3. The Kier molecular flexibility index (Phi) is 2.27. The smallest absolute Gasteiger partial charge is 0.0484 e. The largest absolute Gasteiger partial charge is 0.0843 e. The lowest BCUT2D eigenvalue weighted by Gasteiger charge is -2.05. The predicted molar refractivity (Wildman–Crippen MR) is 71.5 cm³/mol. The first-order chi connectivity index (χ1) is 7.75. The standard InChI is InChI=1S/C14H8Cl2/c15-10-5-7-11-9(8-10)4-6-13-12(11)2-1-3-14(13)16/h1-8H. The molecule has 0 spiro atoms. The molecule has 0 aromatic heterocycles. The molecule has 0 amide bonds. The Bertz CT molecular complexity index is 687. The van der Waals surface area contributed by atoms with Gasteiger partial charge in [-0.1, -0.05) is 53.5 Å². The summed E-state index contributed by atoms with van der Waals surface area (Å²) < 4.78 is 0. The average molecular weight is 247 g/mol. The van der Waals surface area contributed by atoms with Gasteiger partial charge >= 0.3 is 0 Å². The van der Waals surface area contributed by atoms with Gasteiger partial charge in [-0.25, -0.2) is 0 Å². The second-order valence-electron chi connectivity index (χ2n) is 3.77. The molecule has 3 aromatic rings. The van der Waals surface area contributed by atoms with E-state index in [0.717, 1.165) is 20.8 Å². The average Bonchev–Trinajstić information content (AvgIpc) is 2.28. The van der Waals surface area contributed by atoms with Crippen molar-refractivity contribution in [2.45, 2.75) is 0 Å². The van der Waals surface area contributed by atoms with Gasteiger partial charge in [-0.05, 0) is 34.4 Å². The van der Waals surface area contributed by atoms with Crippen LogP contribution in [-0.2, 0) is 0 Å². The van der Waals surface area contributed by atoms with Gasteiger partial charge in [0, 0.05) is 15.4 Å². The fraction of sp³-hybridized carbons (Fsp3) is 0. The summed E-state index contributed by atoms with van der Waals surface area (Å²) in [5.41, 5.74) is 0. The third-order valence-corrected chi connectivity index (χ3v) is 3.35. The van der Waals surface area contributed by atoms with Gasteiger partial charge in [-0.15, -0.1) is 0 Å². The summed E-state index contributed by atoms with van der Waals surface area (Å²) in [6.07, 6.45) is 0. The van der Waals surface area contributed by atoms with Gasteiger partial charge in [0.1, 0.15) is 0 Å². The molecule has 3 aromatic carbocycles. The van der Waals surface area contributed by atoms with Gasteiger partial charge < -0.3 is 0 Å². The van der Waals surface area contributed by atoms with E-state index in [1.165, 1.54) is 10.8 Å². The van der Waals surface area contributed by atoms with Crippen LogP contribution in [0.4, 0.5) is 0 Å². The van der Waals surface area contributed by atoms with E-state index in [1.807, 2.05) is 36.4 Å². The van der Waals surface area contributed by atoms with Crippen LogP contribution in [0.5, 0.6) is 0 Å². The SMILES string of the molecule is Clc1ccc2c(ccc3c(Cl)cccc32)c1. The molecule has 0 aliphatic heterocycles. The highest BCUT2D eigenvalue weighted by Gasteiger charge is 2.03. The minimum Gasteiger partial charge on any atom is -0.0843 e. The molecule has 0 unspecified atom stereocenters. The van der Waals surface area contributed by atoms with Gasteiger partial charge in [0.2, 0.25) is 0 Å². The topological polar surface area (TPSA) is 0 Å². The van der Waals surface area contributed by atoms with Gasteiger partial charge in [-0.2, -0.15) is 0 Å². The lowest BCUT2D eigenvalue weighted by Crippen LogP contribution is -1.78. The fourth-order valence-corrected chi connectivity index (χ4v) is 2.45. The van der Waals surface area contributed by atoms with E-state index in [1.54, 1.807) is 0 Å². The third kappa shape index (κ3) is 1.46. The fourth-order valence-electron chi connectivity index (χ4n) is 2.03. The number of benzene rings is 3. The maximum Gasteiger partial charge on any atom is 0.0484 e. The zero-order chi connectivity index (χ0) is 11.1. The molecular weight excluding hydrogens is 239 g/mol. The van der Waals surface area contributed by atoms with E-state index in [9.17, 15) is 0 Å². The highest BCUT2D eigenvalue weighted by Crippen LogP contribution is 2.31. The molecule has 0 aliphatic rings. The molecule has 0 aliphatic carbocycles. The molecule has 0 saturated carbocycles. The Hall–Kier alpha value is -1.24. The van der Waals surface area contributed by atoms with Crippen molar-refractivity contribution in [1.29, 1.82) is 0 Å². The number of rotatable bonds is 0. The van der Waals surface area contributed by atoms with Gasteiger partial charge in [0.05, 0.1) is 0 Å². The number of halogens is 2. The number of hydrogen-bond acceptors (Lipinski definition) is 0. The second kappa shape index (κ2) is 3.65. The summed E-state index contributed by atoms with van der Waals surface area (Å²) in [4.78, 5) is 0. The number of hydrogen-bond donors (Lipinski definition) is 0. The molecule has 0 atom stereocenters. The van der Waals surface area contributed by atoms with Gasteiger partial charge in [-0.3, -0.25) is 0 Å². The molecule has 78 valence electrons.